The third-order valence-electron chi connectivity index (χ3n) is 4.12. The first-order valence-electron chi connectivity index (χ1n) is 9.02. The lowest BCUT2D eigenvalue weighted by Crippen LogP contribution is -2.22. The fourth-order valence-electron chi connectivity index (χ4n) is 2.90. The number of hydrogen-bond acceptors (Lipinski definition) is 4. The number of nitrogens with zero attached hydrogens (tertiary/aromatic N) is 1. The molecule has 0 aliphatic carbocycles. The van der Waals surface area contributed by atoms with Crippen LogP contribution in [-0.4, -0.2) is 29.7 Å². The van der Waals surface area contributed by atoms with E-state index in [1.165, 1.54) is 0 Å². The van der Waals surface area contributed by atoms with Crippen molar-refractivity contribution in [2.45, 2.75) is 13.8 Å². The number of carbonyl (C=O) groups excluding carboxylic acids is 2. The van der Waals surface area contributed by atoms with Gasteiger partial charge in [0.15, 0.2) is 6.61 Å². The zero-order valence-corrected chi connectivity index (χ0v) is 15.8. The monoisotopic (exact) mass is 378 g/mol. The fourth-order valence-corrected chi connectivity index (χ4v) is 2.90. The highest BCUT2D eigenvalue weighted by Crippen LogP contribution is 2.24. The van der Waals surface area contributed by atoms with Crippen LogP contribution in [0.5, 0.6) is 5.75 Å². The maximum Gasteiger partial charge on any atom is 0.340 e. The number of para-hydroxylation sites is 3. The average Bonchev–Trinajstić information content (AvgIpc) is 3.22. The van der Waals surface area contributed by atoms with E-state index in [9.17, 15) is 9.59 Å². The summed E-state index contributed by atoms with van der Waals surface area (Å²) in [6.07, 6.45) is 3.72. The molecule has 0 aliphatic rings. The molecule has 6 nitrogen and oxygen atoms in total. The number of hydrogen-bond donors (Lipinski definition) is 1. The van der Waals surface area contributed by atoms with Crippen LogP contribution in [-0.2, 0) is 9.53 Å². The Morgan fingerprint density at radius 2 is 1.75 bits per heavy atom. The summed E-state index contributed by atoms with van der Waals surface area (Å²) in [5.41, 5.74) is 2.60. The second kappa shape index (κ2) is 8.90. The molecule has 0 radical (unpaired) electrons. The van der Waals surface area contributed by atoms with Crippen molar-refractivity contribution in [2.24, 2.45) is 0 Å². The van der Waals surface area contributed by atoms with Gasteiger partial charge in [-0.1, -0.05) is 24.3 Å². The van der Waals surface area contributed by atoms with Gasteiger partial charge in [0, 0.05) is 12.4 Å². The van der Waals surface area contributed by atoms with Gasteiger partial charge < -0.3 is 19.4 Å². The molecule has 1 N–H and O–H groups in total. The highest BCUT2D eigenvalue weighted by atomic mass is 16.5. The minimum absolute atomic E-state index is 0.391. The first-order chi connectivity index (χ1) is 13.6. The molecule has 0 fully saturated rings. The third-order valence-corrected chi connectivity index (χ3v) is 4.12. The van der Waals surface area contributed by atoms with Gasteiger partial charge in [0.25, 0.3) is 5.91 Å². The van der Waals surface area contributed by atoms with Gasteiger partial charge in [-0.2, -0.15) is 0 Å². The van der Waals surface area contributed by atoms with Gasteiger partial charge in [0.2, 0.25) is 0 Å². The minimum Gasteiger partial charge on any atom is -0.492 e. The van der Waals surface area contributed by atoms with Crippen molar-refractivity contribution in [1.29, 1.82) is 0 Å². The van der Waals surface area contributed by atoms with Gasteiger partial charge in [0.1, 0.15) is 5.75 Å². The summed E-state index contributed by atoms with van der Waals surface area (Å²) in [4.78, 5) is 24.8. The number of carbonyl (C=O) groups is 2. The lowest BCUT2D eigenvalue weighted by molar-refractivity contribution is -0.119. The molecule has 0 unspecified atom stereocenters. The predicted octanol–water partition coefficient (Wildman–Crippen LogP) is 3.98. The van der Waals surface area contributed by atoms with Crippen LogP contribution in [0.25, 0.3) is 5.69 Å². The molecule has 0 saturated carbocycles. The van der Waals surface area contributed by atoms with E-state index < -0.39 is 18.5 Å². The number of anilines is 1. The van der Waals surface area contributed by atoms with Gasteiger partial charge in [0.05, 0.1) is 23.5 Å². The lowest BCUT2D eigenvalue weighted by Gasteiger charge is -2.14. The van der Waals surface area contributed by atoms with Crippen LogP contribution in [0.1, 0.15) is 22.8 Å². The van der Waals surface area contributed by atoms with E-state index in [0.29, 0.717) is 23.6 Å². The normalized spacial score (nSPS) is 10.4. The molecule has 0 spiro atoms. The lowest BCUT2D eigenvalue weighted by atomic mass is 10.1. The van der Waals surface area contributed by atoms with Crippen LogP contribution in [0.3, 0.4) is 0 Å². The topological polar surface area (TPSA) is 69.6 Å². The molecule has 0 bridgehead atoms. The molecule has 144 valence electrons. The molecule has 28 heavy (non-hydrogen) atoms. The number of esters is 1. The van der Waals surface area contributed by atoms with E-state index in [0.717, 1.165) is 11.3 Å². The maximum absolute atomic E-state index is 12.6. The van der Waals surface area contributed by atoms with Crippen LogP contribution in [0.2, 0.25) is 0 Å². The van der Waals surface area contributed by atoms with E-state index in [1.807, 2.05) is 55.1 Å². The minimum atomic E-state index is -0.555. The molecule has 2 aromatic carbocycles. The maximum atomic E-state index is 12.6. The van der Waals surface area contributed by atoms with Crippen LogP contribution < -0.4 is 10.1 Å². The molecule has 0 aliphatic heterocycles. The van der Waals surface area contributed by atoms with Crippen LogP contribution >= 0.6 is 0 Å². The average molecular weight is 378 g/mol. The highest BCUT2D eigenvalue weighted by molar-refractivity contribution is 5.98. The summed E-state index contributed by atoms with van der Waals surface area (Å²) in [7, 11) is 0. The second-order valence-electron chi connectivity index (χ2n) is 6.11. The van der Waals surface area contributed by atoms with Crippen LogP contribution in [0.4, 0.5) is 5.69 Å². The number of aromatic nitrogens is 1. The summed E-state index contributed by atoms with van der Waals surface area (Å²) in [6, 6.07) is 16.3. The zero-order chi connectivity index (χ0) is 19.9. The standard InChI is InChI=1S/C22H22N2O4/c1-3-27-19-12-5-4-11-18(19)23-20(25)15-28-22(26)17-10-8-9-16(2)21(17)24-13-6-7-14-24/h4-14H,3,15H2,1-2H3,(H,23,25). The Balaban J connectivity index is 1.68. The molecule has 1 heterocycles. The van der Waals surface area contributed by atoms with Crippen molar-refractivity contribution in [1.82, 2.24) is 4.57 Å². The van der Waals surface area contributed by atoms with Crippen molar-refractivity contribution >= 4 is 17.6 Å². The summed E-state index contributed by atoms with van der Waals surface area (Å²) < 4.78 is 12.6. The molecular formula is C22H22N2O4. The molecule has 6 heteroatoms. The molecule has 3 rings (SSSR count). The summed E-state index contributed by atoms with van der Waals surface area (Å²) in [5.74, 6) is -0.422. The Hall–Kier alpha value is -3.54. The molecular weight excluding hydrogens is 356 g/mol. The Labute approximate surface area is 163 Å². The Morgan fingerprint density at radius 3 is 2.50 bits per heavy atom. The van der Waals surface area contributed by atoms with Crippen molar-refractivity contribution in [2.75, 3.05) is 18.5 Å². The van der Waals surface area contributed by atoms with E-state index in [4.69, 9.17) is 9.47 Å². The summed E-state index contributed by atoms with van der Waals surface area (Å²) >= 11 is 0. The smallest absolute Gasteiger partial charge is 0.340 e. The van der Waals surface area contributed by atoms with Crippen molar-refractivity contribution in [3.63, 3.8) is 0 Å². The number of benzene rings is 2. The van der Waals surface area contributed by atoms with Crippen molar-refractivity contribution in [3.8, 4) is 11.4 Å². The number of nitrogens with one attached hydrogen (secondary N) is 1. The number of rotatable bonds is 7. The SMILES string of the molecule is CCOc1ccccc1NC(=O)COC(=O)c1cccc(C)c1-n1cccc1. The first kappa shape index (κ1) is 19.2. The number of aryl methyl sites for hydroxylation is 1. The van der Waals surface area contributed by atoms with Crippen LogP contribution in [0.15, 0.2) is 67.0 Å². The van der Waals surface area contributed by atoms with Crippen LogP contribution in [0, 0.1) is 6.92 Å². The van der Waals surface area contributed by atoms with Gasteiger partial charge >= 0.3 is 5.97 Å². The largest absolute Gasteiger partial charge is 0.492 e. The van der Waals surface area contributed by atoms with E-state index >= 15 is 0 Å². The molecule has 0 saturated heterocycles. The Morgan fingerprint density at radius 1 is 1.00 bits per heavy atom. The van der Waals surface area contributed by atoms with Gasteiger partial charge in [-0.15, -0.1) is 0 Å². The number of amides is 1. The Kier molecular flexibility index (Phi) is 6.11. The van der Waals surface area contributed by atoms with Crippen molar-refractivity contribution < 1.29 is 19.1 Å². The van der Waals surface area contributed by atoms with E-state index in [1.54, 1.807) is 30.3 Å². The third kappa shape index (κ3) is 4.40. The molecule has 1 aromatic heterocycles. The van der Waals surface area contributed by atoms with E-state index in [2.05, 4.69) is 5.32 Å². The Bertz CT molecular complexity index is 964. The first-order valence-corrected chi connectivity index (χ1v) is 9.02. The van der Waals surface area contributed by atoms with Gasteiger partial charge in [-0.05, 0) is 49.7 Å². The second-order valence-corrected chi connectivity index (χ2v) is 6.11. The summed E-state index contributed by atoms with van der Waals surface area (Å²) in [5, 5.41) is 2.71. The van der Waals surface area contributed by atoms with Crippen molar-refractivity contribution in [3.05, 3.63) is 78.1 Å². The van der Waals surface area contributed by atoms with E-state index in [-0.39, 0.29) is 0 Å². The molecule has 3 aromatic rings. The summed E-state index contributed by atoms with van der Waals surface area (Å²) in [6.45, 7) is 3.88. The molecule has 1 amide bonds. The number of ether oxygens (including phenoxy) is 2. The molecule has 0 atom stereocenters. The quantitative estimate of drug-likeness (QED) is 0.632. The van der Waals surface area contributed by atoms with Gasteiger partial charge in [-0.25, -0.2) is 4.79 Å². The highest BCUT2D eigenvalue weighted by Gasteiger charge is 2.17. The zero-order valence-electron chi connectivity index (χ0n) is 15.8. The fraction of sp³-hybridized carbons (Fsp3) is 0.182. The predicted molar refractivity (Wildman–Crippen MR) is 107 cm³/mol. The van der Waals surface area contributed by atoms with Gasteiger partial charge in [-0.3, -0.25) is 4.79 Å².